The number of ether oxygens (including phenoxy) is 2. The summed E-state index contributed by atoms with van der Waals surface area (Å²) in [6, 6.07) is 16.2. The third kappa shape index (κ3) is 3.82. The van der Waals surface area contributed by atoms with Gasteiger partial charge in [0, 0.05) is 29.2 Å². The molecular weight excluding hydrogens is 504 g/mol. The summed E-state index contributed by atoms with van der Waals surface area (Å²) in [6.07, 6.45) is 0. The summed E-state index contributed by atoms with van der Waals surface area (Å²) in [5.74, 6) is -2.07. The van der Waals surface area contributed by atoms with Crippen molar-refractivity contribution in [3.8, 4) is 0 Å². The Bertz CT molecular complexity index is 1620. The van der Waals surface area contributed by atoms with E-state index in [1.165, 1.54) is 13.0 Å². The molecule has 3 aliphatic rings. The Morgan fingerprint density at radius 1 is 0.641 bits per heavy atom. The van der Waals surface area contributed by atoms with Crippen molar-refractivity contribution < 1.29 is 42.3 Å². The molecule has 9 nitrogen and oxygen atoms in total. The number of carbonyl (C=O) groups is 5. The highest BCUT2D eigenvalue weighted by Gasteiger charge is 2.41. The van der Waals surface area contributed by atoms with Crippen LogP contribution in [0.3, 0.4) is 0 Å². The van der Waals surface area contributed by atoms with Crippen molar-refractivity contribution in [2.45, 2.75) is 19.6 Å². The van der Waals surface area contributed by atoms with Crippen molar-refractivity contribution in [1.82, 2.24) is 0 Å². The number of carbonyl (C=O) groups excluding carboxylic acids is 5. The van der Waals surface area contributed by atoms with Crippen LogP contribution in [0.5, 0.6) is 0 Å². The van der Waals surface area contributed by atoms with Crippen LogP contribution >= 0.6 is 0 Å². The lowest BCUT2D eigenvalue weighted by Gasteiger charge is -2.18. The smallest absolute Gasteiger partial charge is 0.229 e. The van der Waals surface area contributed by atoms with Gasteiger partial charge in [0.05, 0.1) is 24.3 Å². The van der Waals surface area contributed by atoms with Crippen molar-refractivity contribution >= 4 is 28.9 Å². The van der Waals surface area contributed by atoms with Crippen LogP contribution in [0.1, 0.15) is 94.2 Å². The molecule has 0 radical (unpaired) electrons. The van der Waals surface area contributed by atoms with Gasteiger partial charge < -0.3 is 18.3 Å². The number of furan rings is 2. The Kier molecular flexibility index (Phi) is 5.64. The standard InChI is InChI=1S/C16H12O5.C14H8O4/c1-16(19-6-7-20-16)12-8-11-13(17)9-4-2-3-5-10(9)14(18)15(11)21-12;1-7(15)11-6-10-12(16)8-4-2-3-5-9(8)13(17)14(10)18-11/h2-5,8H,6-7H2,1H3;2-6H,1H3. The molecule has 0 atom stereocenters. The minimum Gasteiger partial charge on any atom is -0.451 e. The highest BCUT2D eigenvalue weighted by atomic mass is 16.7. The molecule has 194 valence electrons. The fourth-order valence-electron chi connectivity index (χ4n) is 4.80. The van der Waals surface area contributed by atoms with E-state index in [2.05, 4.69) is 0 Å². The summed E-state index contributed by atoms with van der Waals surface area (Å²) in [5.41, 5.74) is 1.89. The molecule has 2 aliphatic carbocycles. The summed E-state index contributed by atoms with van der Waals surface area (Å²) >= 11 is 0. The molecule has 0 unspecified atom stereocenters. The zero-order valence-electron chi connectivity index (χ0n) is 20.9. The highest BCUT2D eigenvalue weighted by Crippen LogP contribution is 2.37. The molecule has 0 N–H and O–H groups in total. The van der Waals surface area contributed by atoms with Crippen LogP contribution in [-0.4, -0.2) is 42.1 Å². The fraction of sp³-hybridized carbons (Fsp3) is 0.167. The average Bonchev–Trinajstić information content (AvgIpc) is 3.70. The van der Waals surface area contributed by atoms with E-state index in [0.29, 0.717) is 41.2 Å². The average molecular weight is 524 g/mol. The van der Waals surface area contributed by atoms with Gasteiger partial charge >= 0.3 is 0 Å². The number of ketones is 5. The minimum atomic E-state index is -1.04. The molecule has 2 aromatic carbocycles. The molecule has 39 heavy (non-hydrogen) atoms. The largest absolute Gasteiger partial charge is 0.451 e. The second-order valence-electron chi connectivity index (χ2n) is 9.31. The molecule has 0 bridgehead atoms. The van der Waals surface area contributed by atoms with Crippen LogP contribution < -0.4 is 0 Å². The van der Waals surface area contributed by atoms with Gasteiger partial charge in [-0.15, -0.1) is 0 Å². The molecule has 1 saturated heterocycles. The fourth-order valence-corrected chi connectivity index (χ4v) is 4.80. The van der Waals surface area contributed by atoms with Crippen molar-refractivity contribution in [2.75, 3.05) is 13.2 Å². The van der Waals surface area contributed by atoms with E-state index in [0.717, 1.165) is 0 Å². The number of benzene rings is 2. The first-order valence-electron chi connectivity index (χ1n) is 12.1. The molecule has 3 heterocycles. The van der Waals surface area contributed by atoms with Crippen molar-refractivity contribution in [2.24, 2.45) is 0 Å². The maximum atomic E-state index is 12.5. The Hall–Kier alpha value is -4.73. The Morgan fingerprint density at radius 3 is 1.56 bits per heavy atom. The van der Waals surface area contributed by atoms with Crippen LogP contribution in [-0.2, 0) is 15.3 Å². The van der Waals surface area contributed by atoms with E-state index in [9.17, 15) is 24.0 Å². The highest BCUT2D eigenvalue weighted by molar-refractivity contribution is 6.28. The molecule has 1 fully saturated rings. The Balaban J connectivity index is 0.000000144. The molecule has 0 amide bonds. The molecule has 7 rings (SSSR count). The Morgan fingerprint density at radius 2 is 1.08 bits per heavy atom. The van der Waals surface area contributed by atoms with Gasteiger partial charge in [-0.2, -0.15) is 0 Å². The molecule has 9 heteroatoms. The van der Waals surface area contributed by atoms with Gasteiger partial charge in [-0.3, -0.25) is 24.0 Å². The van der Waals surface area contributed by atoms with E-state index in [1.807, 2.05) is 0 Å². The van der Waals surface area contributed by atoms with Crippen molar-refractivity contribution in [3.63, 3.8) is 0 Å². The summed E-state index contributed by atoms with van der Waals surface area (Å²) in [7, 11) is 0. The lowest BCUT2D eigenvalue weighted by atomic mass is 9.88. The van der Waals surface area contributed by atoms with E-state index < -0.39 is 5.79 Å². The van der Waals surface area contributed by atoms with Crippen LogP contribution in [0.25, 0.3) is 0 Å². The summed E-state index contributed by atoms with van der Waals surface area (Å²) in [5, 5.41) is 0. The maximum Gasteiger partial charge on any atom is 0.229 e. The van der Waals surface area contributed by atoms with Gasteiger partial charge in [-0.25, -0.2) is 0 Å². The zero-order valence-corrected chi connectivity index (χ0v) is 20.9. The summed E-state index contributed by atoms with van der Waals surface area (Å²) < 4.78 is 21.8. The predicted molar refractivity (Wildman–Crippen MR) is 133 cm³/mol. The van der Waals surface area contributed by atoms with Gasteiger partial charge in [0.15, 0.2) is 40.4 Å². The monoisotopic (exact) mass is 524 g/mol. The lowest BCUT2D eigenvalue weighted by Crippen LogP contribution is -2.21. The second-order valence-corrected chi connectivity index (χ2v) is 9.31. The predicted octanol–water partition coefficient (Wildman–Crippen LogP) is 4.53. The van der Waals surface area contributed by atoms with Gasteiger partial charge in [0.25, 0.3) is 0 Å². The van der Waals surface area contributed by atoms with Crippen molar-refractivity contribution in [1.29, 1.82) is 0 Å². The third-order valence-electron chi connectivity index (χ3n) is 6.83. The zero-order chi connectivity index (χ0) is 27.5. The number of hydrogen-bond acceptors (Lipinski definition) is 9. The summed E-state index contributed by atoms with van der Waals surface area (Å²) in [4.78, 5) is 60.5. The molecule has 0 saturated carbocycles. The van der Waals surface area contributed by atoms with Gasteiger partial charge in [0.2, 0.25) is 17.4 Å². The third-order valence-corrected chi connectivity index (χ3v) is 6.83. The first-order valence-corrected chi connectivity index (χ1v) is 12.1. The first kappa shape index (κ1) is 24.6. The molecule has 0 spiro atoms. The van der Waals surface area contributed by atoms with Gasteiger partial charge in [-0.1, -0.05) is 48.5 Å². The number of fused-ring (bicyclic) bond motifs is 4. The van der Waals surface area contributed by atoms with E-state index in [-0.39, 0.29) is 57.3 Å². The molecule has 2 aromatic heterocycles. The summed E-state index contributed by atoms with van der Waals surface area (Å²) in [6.45, 7) is 3.94. The molecular formula is C30H20O9. The van der Waals surface area contributed by atoms with E-state index >= 15 is 0 Å². The van der Waals surface area contributed by atoms with Gasteiger partial charge in [-0.05, 0) is 19.1 Å². The minimum absolute atomic E-state index is 0.0366. The number of Topliss-reactive ketones (excluding diaryl/α,β-unsaturated/α-hetero) is 1. The quantitative estimate of drug-likeness (QED) is 0.300. The molecule has 1 aliphatic heterocycles. The van der Waals surface area contributed by atoms with Gasteiger partial charge in [0.1, 0.15) is 0 Å². The first-order chi connectivity index (χ1) is 18.7. The maximum absolute atomic E-state index is 12.5. The van der Waals surface area contributed by atoms with Crippen LogP contribution in [0, 0.1) is 0 Å². The van der Waals surface area contributed by atoms with Crippen LogP contribution in [0.4, 0.5) is 0 Å². The SMILES string of the molecule is CC(=O)c1cc2c(o1)C(=O)c1ccccc1C2=O.CC1(c2cc3c(o2)C(=O)c2ccccc2C3=O)OCCO1. The topological polar surface area (TPSA) is 130 Å². The Labute approximate surface area is 221 Å². The second kappa shape index (κ2) is 8.93. The van der Waals surface area contributed by atoms with E-state index in [1.54, 1.807) is 61.5 Å². The number of hydrogen-bond donors (Lipinski definition) is 0. The van der Waals surface area contributed by atoms with Crippen LogP contribution in [0.2, 0.25) is 0 Å². The number of rotatable bonds is 2. The van der Waals surface area contributed by atoms with Crippen LogP contribution in [0.15, 0.2) is 69.5 Å². The van der Waals surface area contributed by atoms with E-state index in [4.69, 9.17) is 18.3 Å². The lowest BCUT2D eigenvalue weighted by molar-refractivity contribution is -0.163. The molecule has 4 aromatic rings. The van der Waals surface area contributed by atoms with Crippen molar-refractivity contribution in [3.05, 3.63) is 117 Å². The normalized spacial score (nSPS) is 16.6.